The van der Waals surface area contributed by atoms with E-state index in [2.05, 4.69) is 5.32 Å². The van der Waals surface area contributed by atoms with E-state index in [-0.39, 0.29) is 42.1 Å². The lowest BCUT2D eigenvalue weighted by Gasteiger charge is -2.36. The summed E-state index contributed by atoms with van der Waals surface area (Å²) in [4.78, 5) is 23.7. The number of hydrogen-bond donors (Lipinski definition) is 1. The summed E-state index contributed by atoms with van der Waals surface area (Å²) < 4.78 is 10.7. The Bertz CT molecular complexity index is 588. The largest absolute Gasteiger partial charge is 0.872 e. The predicted octanol–water partition coefficient (Wildman–Crippen LogP) is 0.970. The summed E-state index contributed by atoms with van der Waals surface area (Å²) >= 11 is 0. The smallest absolute Gasteiger partial charge is 0.337 e. The second kappa shape index (κ2) is 9.19. The molecule has 1 aromatic carbocycles. The number of esters is 1. The van der Waals surface area contributed by atoms with Gasteiger partial charge in [0.1, 0.15) is 13.1 Å². The van der Waals surface area contributed by atoms with Crippen LogP contribution in [0.2, 0.25) is 0 Å². The van der Waals surface area contributed by atoms with Gasteiger partial charge in [-0.1, -0.05) is 5.75 Å². The van der Waals surface area contributed by atoms with Crippen molar-refractivity contribution in [1.29, 1.82) is 0 Å². The van der Waals surface area contributed by atoms with Crippen LogP contribution >= 0.6 is 24.0 Å². The van der Waals surface area contributed by atoms with E-state index in [9.17, 15) is 14.7 Å². The number of nitrogens with zero attached hydrogens (tertiary/aromatic N) is 1. The highest BCUT2D eigenvalue weighted by molar-refractivity contribution is 14.0. The molecule has 24 heavy (non-hydrogen) atoms. The first-order valence-corrected chi connectivity index (χ1v) is 7.63. The molecule has 2 rings (SSSR count). The quantitative estimate of drug-likeness (QED) is 0.411. The number of anilines is 1. The van der Waals surface area contributed by atoms with Crippen LogP contribution in [0.25, 0.3) is 0 Å². The fourth-order valence-electron chi connectivity index (χ4n) is 2.47. The molecule has 0 saturated carbocycles. The van der Waals surface area contributed by atoms with Gasteiger partial charge in [0.2, 0.25) is 0 Å². The van der Waals surface area contributed by atoms with E-state index in [0.29, 0.717) is 29.9 Å². The Labute approximate surface area is 158 Å². The Morgan fingerprint density at radius 1 is 1.33 bits per heavy atom. The van der Waals surface area contributed by atoms with Crippen molar-refractivity contribution >= 4 is 41.5 Å². The molecule has 1 heterocycles. The topological polar surface area (TPSA) is 87.7 Å². The van der Waals surface area contributed by atoms with Crippen LogP contribution < -0.4 is 10.4 Å². The van der Waals surface area contributed by atoms with Gasteiger partial charge in [0.05, 0.1) is 32.4 Å². The molecule has 1 saturated heterocycles. The van der Waals surface area contributed by atoms with E-state index in [1.54, 1.807) is 6.92 Å². The van der Waals surface area contributed by atoms with Gasteiger partial charge in [-0.05, 0) is 25.1 Å². The number of morpholine rings is 1. The van der Waals surface area contributed by atoms with Crippen molar-refractivity contribution in [1.82, 2.24) is 0 Å². The van der Waals surface area contributed by atoms with E-state index in [1.165, 1.54) is 18.2 Å². The van der Waals surface area contributed by atoms with Crippen molar-refractivity contribution in [2.75, 3.05) is 51.8 Å². The van der Waals surface area contributed by atoms with Crippen LogP contribution in [0.4, 0.5) is 5.69 Å². The SMILES string of the molecule is CCOC(=O)c1ccc(NC(=O)C[N+]2(C)CCOCC2)cc1[O-].I. The summed E-state index contributed by atoms with van der Waals surface area (Å²) in [5, 5.41) is 14.6. The lowest BCUT2D eigenvalue weighted by atomic mass is 10.2. The minimum atomic E-state index is -0.651. The molecule has 1 aliphatic rings. The molecular weight excluding hydrogens is 427 g/mol. The van der Waals surface area contributed by atoms with Crippen molar-refractivity contribution < 1.29 is 28.7 Å². The molecule has 1 aliphatic heterocycles. The van der Waals surface area contributed by atoms with Crippen LogP contribution in [-0.2, 0) is 14.3 Å². The highest BCUT2D eigenvalue weighted by Crippen LogP contribution is 2.20. The number of carbonyl (C=O) groups is 2. The van der Waals surface area contributed by atoms with Crippen LogP contribution in [0.1, 0.15) is 17.3 Å². The molecule has 0 unspecified atom stereocenters. The Morgan fingerprint density at radius 2 is 2.00 bits per heavy atom. The van der Waals surface area contributed by atoms with E-state index < -0.39 is 11.7 Å². The Kier molecular flexibility index (Phi) is 7.91. The highest BCUT2D eigenvalue weighted by atomic mass is 127. The fourth-order valence-corrected chi connectivity index (χ4v) is 2.47. The maximum absolute atomic E-state index is 12.2. The second-order valence-corrected chi connectivity index (χ2v) is 5.82. The molecule has 0 aliphatic carbocycles. The summed E-state index contributed by atoms with van der Waals surface area (Å²) in [6, 6.07) is 4.15. The first kappa shape index (κ1) is 20.7. The predicted molar refractivity (Wildman–Crippen MR) is 97.5 cm³/mol. The van der Waals surface area contributed by atoms with Crippen molar-refractivity contribution in [3.8, 4) is 5.75 Å². The average Bonchev–Trinajstić information content (AvgIpc) is 2.47. The third kappa shape index (κ3) is 5.60. The van der Waals surface area contributed by atoms with Gasteiger partial charge in [0.25, 0.3) is 5.91 Å². The minimum Gasteiger partial charge on any atom is -0.872 e. The Hall–Kier alpha value is -1.39. The summed E-state index contributed by atoms with van der Waals surface area (Å²) in [6.07, 6.45) is 0. The van der Waals surface area contributed by atoms with Crippen molar-refractivity contribution in [2.45, 2.75) is 6.92 Å². The van der Waals surface area contributed by atoms with Crippen LogP contribution in [0, 0.1) is 0 Å². The number of quaternary nitrogens is 1. The molecule has 0 bridgehead atoms. The maximum Gasteiger partial charge on any atom is 0.337 e. The average molecular weight is 450 g/mol. The zero-order valence-corrected chi connectivity index (χ0v) is 16.2. The molecule has 1 N–H and O–H groups in total. The van der Waals surface area contributed by atoms with Crippen LogP contribution in [-0.4, -0.2) is 62.9 Å². The molecule has 0 aromatic heterocycles. The normalized spacial score (nSPS) is 15.9. The number of carbonyl (C=O) groups excluding carboxylic acids is 2. The standard InChI is InChI=1S/C16H22N2O5.HI/c1-3-23-16(21)13-5-4-12(10-14(13)19)17-15(20)11-18(2)6-8-22-9-7-18;/h4-5,10H,3,6-9,11H2,1-2H3,(H-,17,19,20,21);1H. The first-order chi connectivity index (χ1) is 10.9. The van der Waals surface area contributed by atoms with E-state index in [0.717, 1.165) is 13.1 Å². The number of likely N-dealkylation sites (N-methyl/N-ethyl adjacent to an activating group) is 1. The Morgan fingerprint density at radius 3 is 2.58 bits per heavy atom. The zero-order chi connectivity index (χ0) is 16.9. The molecule has 1 fully saturated rings. The van der Waals surface area contributed by atoms with Gasteiger partial charge in [-0.2, -0.15) is 0 Å². The zero-order valence-electron chi connectivity index (χ0n) is 13.9. The summed E-state index contributed by atoms with van der Waals surface area (Å²) in [5.41, 5.74) is 0.352. The lowest BCUT2D eigenvalue weighted by molar-refractivity contribution is -0.909. The van der Waals surface area contributed by atoms with Crippen molar-refractivity contribution in [3.05, 3.63) is 23.8 Å². The number of rotatable bonds is 5. The second-order valence-electron chi connectivity index (χ2n) is 5.82. The molecule has 0 spiro atoms. The van der Waals surface area contributed by atoms with E-state index in [1.807, 2.05) is 7.05 Å². The van der Waals surface area contributed by atoms with E-state index >= 15 is 0 Å². The molecule has 0 radical (unpaired) electrons. The van der Waals surface area contributed by atoms with E-state index in [4.69, 9.17) is 9.47 Å². The van der Waals surface area contributed by atoms with Gasteiger partial charge < -0.3 is 24.4 Å². The summed E-state index contributed by atoms with van der Waals surface area (Å²) in [6.45, 7) is 5.04. The molecule has 8 heteroatoms. The highest BCUT2D eigenvalue weighted by Gasteiger charge is 2.28. The molecule has 0 atom stereocenters. The monoisotopic (exact) mass is 450 g/mol. The number of halogens is 1. The van der Waals surface area contributed by atoms with Crippen molar-refractivity contribution in [2.24, 2.45) is 0 Å². The van der Waals surface area contributed by atoms with Crippen LogP contribution in [0.3, 0.4) is 0 Å². The summed E-state index contributed by atoms with van der Waals surface area (Å²) in [7, 11) is 2.00. The summed E-state index contributed by atoms with van der Waals surface area (Å²) in [5.74, 6) is -1.28. The maximum atomic E-state index is 12.2. The van der Waals surface area contributed by atoms with Gasteiger partial charge in [-0.3, -0.25) is 4.79 Å². The third-order valence-corrected chi connectivity index (χ3v) is 3.84. The molecule has 1 amide bonds. The molecular formula is C16H23IN2O5. The van der Waals surface area contributed by atoms with Gasteiger partial charge in [-0.15, -0.1) is 24.0 Å². The van der Waals surface area contributed by atoms with Gasteiger partial charge in [0, 0.05) is 5.69 Å². The minimum absolute atomic E-state index is 0. The number of ether oxygens (including phenoxy) is 2. The molecule has 134 valence electrons. The lowest BCUT2D eigenvalue weighted by Crippen LogP contribution is -2.55. The van der Waals surface area contributed by atoms with Crippen molar-refractivity contribution in [3.63, 3.8) is 0 Å². The van der Waals surface area contributed by atoms with Crippen LogP contribution in [0.15, 0.2) is 18.2 Å². The van der Waals surface area contributed by atoms with Gasteiger partial charge >= 0.3 is 5.97 Å². The number of amides is 1. The third-order valence-electron chi connectivity index (χ3n) is 3.84. The molecule has 1 aromatic rings. The van der Waals surface area contributed by atoms with Crippen LogP contribution in [0.5, 0.6) is 5.75 Å². The fraction of sp³-hybridized carbons (Fsp3) is 0.500. The number of hydrogen-bond acceptors (Lipinski definition) is 5. The number of benzene rings is 1. The number of nitrogens with one attached hydrogen (secondary N) is 1. The van der Waals surface area contributed by atoms with Gasteiger partial charge in [0.15, 0.2) is 6.54 Å². The Balaban J connectivity index is 0.00000288. The van der Waals surface area contributed by atoms with Gasteiger partial charge in [-0.25, -0.2) is 4.79 Å². The molecule has 7 nitrogen and oxygen atoms in total. The first-order valence-electron chi connectivity index (χ1n) is 7.63.